The molecule has 2 aromatic carbocycles. The standard InChI is InChI=1S/C13H7Cl3O2/c14-9-6-8(10(15)11(16)13(9)18)12(17)7-4-2-1-3-5-7/h1-6,18H. The monoisotopic (exact) mass is 300 g/mol. The van der Waals surface area contributed by atoms with Crippen molar-refractivity contribution in [2.24, 2.45) is 0 Å². The van der Waals surface area contributed by atoms with E-state index in [1.54, 1.807) is 30.3 Å². The first-order valence-electron chi connectivity index (χ1n) is 4.98. The molecule has 0 aromatic heterocycles. The molecule has 0 aliphatic carbocycles. The summed E-state index contributed by atoms with van der Waals surface area (Å²) in [5, 5.41) is 9.36. The summed E-state index contributed by atoms with van der Waals surface area (Å²) in [5.74, 6) is -0.627. The van der Waals surface area contributed by atoms with Gasteiger partial charge in [-0.3, -0.25) is 4.79 Å². The lowest BCUT2D eigenvalue weighted by atomic mass is 10.0. The van der Waals surface area contributed by atoms with Crippen molar-refractivity contribution in [2.75, 3.05) is 0 Å². The topological polar surface area (TPSA) is 37.3 Å². The lowest BCUT2D eigenvalue weighted by molar-refractivity contribution is 0.103. The number of phenols is 1. The van der Waals surface area contributed by atoms with Crippen LogP contribution < -0.4 is 0 Å². The molecular formula is C13H7Cl3O2. The van der Waals surface area contributed by atoms with E-state index in [1.165, 1.54) is 6.07 Å². The lowest BCUT2D eigenvalue weighted by Gasteiger charge is -2.08. The quantitative estimate of drug-likeness (QED) is 0.651. The van der Waals surface area contributed by atoms with Gasteiger partial charge in [-0.1, -0.05) is 65.1 Å². The van der Waals surface area contributed by atoms with E-state index in [0.717, 1.165) is 0 Å². The van der Waals surface area contributed by atoms with Crippen LogP contribution in [-0.4, -0.2) is 10.9 Å². The number of hydrogen-bond donors (Lipinski definition) is 1. The molecule has 5 heteroatoms. The fourth-order valence-corrected chi connectivity index (χ4v) is 2.18. The van der Waals surface area contributed by atoms with E-state index < -0.39 is 0 Å². The van der Waals surface area contributed by atoms with Gasteiger partial charge in [-0.05, 0) is 6.07 Å². The third-order valence-corrected chi connectivity index (χ3v) is 3.56. The molecule has 1 N–H and O–H groups in total. The van der Waals surface area contributed by atoms with Crippen LogP contribution in [0.4, 0.5) is 0 Å². The van der Waals surface area contributed by atoms with Gasteiger partial charge in [0.2, 0.25) is 0 Å². The molecule has 0 spiro atoms. The molecule has 0 saturated heterocycles. The minimum Gasteiger partial charge on any atom is -0.505 e. The molecule has 0 unspecified atom stereocenters. The van der Waals surface area contributed by atoms with Crippen molar-refractivity contribution in [1.29, 1.82) is 0 Å². The smallest absolute Gasteiger partial charge is 0.194 e. The Morgan fingerprint density at radius 2 is 1.61 bits per heavy atom. The van der Waals surface area contributed by atoms with Crippen molar-refractivity contribution in [3.8, 4) is 5.75 Å². The Hall–Kier alpha value is -1.22. The van der Waals surface area contributed by atoms with Crippen LogP contribution in [0.2, 0.25) is 15.1 Å². The van der Waals surface area contributed by atoms with Crippen molar-refractivity contribution in [3.05, 3.63) is 62.6 Å². The Morgan fingerprint density at radius 1 is 1.00 bits per heavy atom. The van der Waals surface area contributed by atoms with Crippen LogP contribution in [0.3, 0.4) is 0 Å². The molecule has 92 valence electrons. The number of rotatable bonds is 2. The predicted octanol–water partition coefficient (Wildman–Crippen LogP) is 4.58. The Kier molecular flexibility index (Phi) is 3.81. The number of carbonyl (C=O) groups is 1. The molecule has 0 aliphatic rings. The van der Waals surface area contributed by atoms with Gasteiger partial charge in [0.25, 0.3) is 0 Å². The van der Waals surface area contributed by atoms with Crippen LogP contribution in [0.15, 0.2) is 36.4 Å². The zero-order valence-corrected chi connectivity index (χ0v) is 11.2. The average molecular weight is 302 g/mol. The van der Waals surface area contributed by atoms with Gasteiger partial charge in [-0.25, -0.2) is 0 Å². The van der Waals surface area contributed by atoms with E-state index in [2.05, 4.69) is 0 Å². The van der Waals surface area contributed by atoms with E-state index in [9.17, 15) is 9.90 Å². The van der Waals surface area contributed by atoms with Crippen molar-refractivity contribution in [3.63, 3.8) is 0 Å². The van der Waals surface area contributed by atoms with Crippen molar-refractivity contribution in [2.45, 2.75) is 0 Å². The Bertz CT molecular complexity index is 609. The first kappa shape index (κ1) is 13.2. The number of halogens is 3. The van der Waals surface area contributed by atoms with Crippen LogP contribution in [0.25, 0.3) is 0 Å². The number of phenolic OH excluding ortho intramolecular Hbond substituents is 1. The van der Waals surface area contributed by atoms with Crippen molar-refractivity contribution in [1.82, 2.24) is 0 Å². The third kappa shape index (κ3) is 2.32. The number of hydrogen-bond acceptors (Lipinski definition) is 2. The summed E-state index contributed by atoms with van der Waals surface area (Å²) in [6.45, 7) is 0. The molecule has 2 aromatic rings. The van der Waals surface area contributed by atoms with Crippen LogP contribution in [0.1, 0.15) is 15.9 Å². The second kappa shape index (κ2) is 5.19. The van der Waals surface area contributed by atoms with E-state index in [-0.39, 0.29) is 32.2 Å². The lowest BCUT2D eigenvalue weighted by Crippen LogP contribution is -2.02. The maximum absolute atomic E-state index is 12.2. The molecule has 0 amide bonds. The van der Waals surface area contributed by atoms with Gasteiger partial charge in [-0.2, -0.15) is 0 Å². The van der Waals surface area contributed by atoms with E-state index in [4.69, 9.17) is 34.8 Å². The maximum Gasteiger partial charge on any atom is 0.194 e. The number of aromatic hydroxyl groups is 1. The minimum absolute atomic E-state index is 0.00702. The highest BCUT2D eigenvalue weighted by Gasteiger charge is 2.19. The van der Waals surface area contributed by atoms with Gasteiger partial charge in [0, 0.05) is 11.1 Å². The van der Waals surface area contributed by atoms with Crippen molar-refractivity contribution >= 4 is 40.6 Å². The van der Waals surface area contributed by atoms with Gasteiger partial charge < -0.3 is 5.11 Å². The zero-order chi connectivity index (χ0) is 13.3. The molecule has 0 atom stereocenters. The van der Waals surface area contributed by atoms with Gasteiger partial charge >= 0.3 is 0 Å². The summed E-state index contributed by atoms with van der Waals surface area (Å²) in [6.07, 6.45) is 0. The Morgan fingerprint density at radius 3 is 2.22 bits per heavy atom. The summed E-state index contributed by atoms with van der Waals surface area (Å²) in [4.78, 5) is 12.2. The van der Waals surface area contributed by atoms with Crippen LogP contribution >= 0.6 is 34.8 Å². The van der Waals surface area contributed by atoms with Crippen LogP contribution in [-0.2, 0) is 0 Å². The van der Waals surface area contributed by atoms with Gasteiger partial charge in [0.15, 0.2) is 11.5 Å². The highest BCUT2D eigenvalue weighted by molar-refractivity contribution is 6.47. The van der Waals surface area contributed by atoms with Gasteiger partial charge in [0.05, 0.1) is 10.0 Å². The molecule has 0 heterocycles. The number of carbonyl (C=O) groups excluding carboxylic acids is 1. The first-order chi connectivity index (χ1) is 8.52. The SMILES string of the molecule is O=C(c1ccccc1)c1cc(Cl)c(O)c(Cl)c1Cl. The van der Waals surface area contributed by atoms with Crippen LogP contribution in [0.5, 0.6) is 5.75 Å². The summed E-state index contributed by atoms with van der Waals surface area (Å²) in [7, 11) is 0. The molecule has 0 radical (unpaired) electrons. The van der Waals surface area contributed by atoms with E-state index in [1.807, 2.05) is 0 Å². The fraction of sp³-hybridized carbons (Fsp3) is 0. The highest BCUT2D eigenvalue weighted by Crippen LogP contribution is 2.40. The minimum atomic E-state index is -0.326. The fourth-order valence-electron chi connectivity index (χ4n) is 1.50. The molecule has 18 heavy (non-hydrogen) atoms. The van der Waals surface area contributed by atoms with Crippen molar-refractivity contribution < 1.29 is 9.90 Å². The predicted molar refractivity (Wildman–Crippen MR) is 73.0 cm³/mol. The molecular weight excluding hydrogens is 294 g/mol. The zero-order valence-electron chi connectivity index (χ0n) is 8.95. The maximum atomic E-state index is 12.2. The Labute approximate surface area is 119 Å². The third-order valence-electron chi connectivity index (χ3n) is 2.41. The van der Waals surface area contributed by atoms with E-state index >= 15 is 0 Å². The first-order valence-corrected chi connectivity index (χ1v) is 6.12. The summed E-state index contributed by atoms with van der Waals surface area (Å²) in [6, 6.07) is 9.91. The Balaban J connectivity index is 2.56. The second-order valence-corrected chi connectivity index (χ2v) is 4.74. The molecule has 0 saturated carbocycles. The average Bonchev–Trinajstić information content (AvgIpc) is 2.41. The number of benzene rings is 2. The largest absolute Gasteiger partial charge is 0.505 e. The van der Waals surface area contributed by atoms with E-state index in [0.29, 0.717) is 5.56 Å². The van der Waals surface area contributed by atoms with Gasteiger partial charge in [-0.15, -0.1) is 0 Å². The summed E-state index contributed by atoms with van der Waals surface area (Å²) in [5.41, 5.74) is 0.632. The molecule has 2 nitrogen and oxygen atoms in total. The summed E-state index contributed by atoms with van der Waals surface area (Å²) >= 11 is 17.5. The molecule has 2 rings (SSSR count). The second-order valence-electron chi connectivity index (χ2n) is 3.58. The normalized spacial score (nSPS) is 10.4. The molecule has 0 aliphatic heterocycles. The number of ketones is 1. The highest BCUT2D eigenvalue weighted by atomic mass is 35.5. The van der Waals surface area contributed by atoms with Gasteiger partial charge in [0.1, 0.15) is 5.02 Å². The van der Waals surface area contributed by atoms with Crippen LogP contribution in [0, 0.1) is 0 Å². The molecule has 0 fully saturated rings. The molecule has 0 bridgehead atoms. The summed E-state index contributed by atoms with van der Waals surface area (Å²) < 4.78 is 0.